The normalized spacial score (nSPS) is 19.1. The first-order valence-corrected chi connectivity index (χ1v) is 5.95. The van der Waals surface area contributed by atoms with Crippen LogP contribution in [0.25, 0.3) is 0 Å². The molecule has 2 rings (SSSR count). The number of nitrogens with two attached hydrogens (primary N) is 1. The highest BCUT2D eigenvalue weighted by Gasteiger charge is 2.40. The Bertz CT molecular complexity index is 515. The summed E-state index contributed by atoms with van der Waals surface area (Å²) in [6, 6.07) is 3.64. The summed E-state index contributed by atoms with van der Waals surface area (Å²) in [6.45, 7) is 4.14. The van der Waals surface area contributed by atoms with Crippen LogP contribution in [0.3, 0.4) is 0 Å². The van der Waals surface area contributed by atoms with E-state index in [0.717, 1.165) is 5.56 Å². The minimum absolute atomic E-state index is 0.164. The SMILES string of the molecule is CC1(C)C(=O)NC(=O)CN1Cc1cccnc1NN. The standard InChI is InChI=1S/C12H17N5O2/c1-12(2)11(19)15-9(18)7-17(12)6-8-4-3-5-14-10(8)16-13/h3-5H,6-7,13H2,1-2H3,(H,14,16)(H,15,18,19). The van der Waals surface area contributed by atoms with Crippen LogP contribution in [-0.4, -0.2) is 33.8 Å². The third-order valence-corrected chi connectivity index (χ3v) is 3.32. The molecule has 1 aliphatic rings. The fourth-order valence-electron chi connectivity index (χ4n) is 1.99. The first-order valence-electron chi connectivity index (χ1n) is 5.95. The van der Waals surface area contributed by atoms with E-state index in [0.29, 0.717) is 12.4 Å². The van der Waals surface area contributed by atoms with E-state index in [1.807, 2.05) is 6.07 Å². The second-order valence-electron chi connectivity index (χ2n) is 4.95. The van der Waals surface area contributed by atoms with E-state index in [9.17, 15) is 9.59 Å². The highest BCUT2D eigenvalue weighted by Crippen LogP contribution is 2.23. The molecule has 1 aliphatic heterocycles. The van der Waals surface area contributed by atoms with E-state index < -0.39 is 5.54 Å². The number of nitrogens with zero attached hydrogens (tertiary/aromatic N) is 2. The summed E-state index contributed by atoms with van der Waals surface area (Å²) in [5.74, 6) is 5.35. The quantitative estimate of drug-likeness (QED) is 0.390. The number of rotatable bonds is 3. The zero-order chi connectivity index (χ0) is 14.0. The van der Waals surface area contributed by atoms with Crippen molar-refractivity contribution in [2.24, 2.45) is 5.84 Å². The van der Waals surface area contributed by atoms with Gasteiger partial charge in [-0.1, -0.05) is 6.07 Å². The van der Waals surface area contributed by atoms with Gasteiger partial charge in [-0.15, -0.1) is 0 Å². The monoisotopic (exact) mass is 263 g/mol. The lowest BCUT2D eigenvalue weighted by Gasteiger charge is -2.40. The van der Waals surface area contributed by atoms with Gasteiger partial charge in [-0.3, -0.25) is 19.8 Å². The van der Waals surface area contributed by atoms with Crippen molar-refractivity contribution in [3.63, 3.8) is 0 Å². The molecular weight excluding hydrogens is 246 g/mol. The Kier molecular flexibility index (Phi) is 3.50. The number of carbonyl (C=O) groups excluding carboxylic acids is 2. The van der Waals surface area contributed by atoms with Crippen LogP contribution in [0.1, 0.15) is 19.4 Å². The number of piperazine rings is 1. The van der Waals surface area contributed by atoms with Crippen LogP contribution in [-0.2, 0) is 16.1 Å². The number of hydrazine groups is 1. The Balaban J connectivity index is 2.25. The van der Waals surface area contributed by atoms with Gasteiger partial charge in [-0.2, -0.15) is 0 Å². The van der Waals surface area contributed by atoms with Gasteiger partial charge in [-0.25, -0.2) is 10.8 Å². The molecule has 4 N–H and O–H groups in total. The molecule has 0 radical (unpaired) electrons. The zero-order valence-corrected chi connectivity index (χ0v) is 10.9. The van der Waals surface area contributed by atoms with Crippen molar-refractivity contribution in [2.45, 2.75) is 25.9 Å². The van der Waals surface area contributed by atoms with Crippen molar-refractivity contribution in [3.05, 3.63) is 23.9 Å². The van der Waals surface area contributed by atoms with Crippen LogP contribution >= 0.6 is 0 Å². The van der Waals surface area contributed by atoms with Crippen LogP contribution in [0.15, 0.2) is 18.3 Å². The molecule has 7 nitrogen and oxygen atoms in total. The summed E-state index contributed by atoms with van der Waals surface area (Å²) in [5, 5.41) is 2.34. The van der Waals surface area contributed by atoms with E-state index >= 15 is 0 Å². The van der Waals surface area contributed by atoms with E-state index in [2.05, 4.69) is 15.7 Å². The average Bonchev–Trinajstić information content (AvgIpc) is 2.36. The molecule has 2 heterocycles. The molecule has 0 aromatic carbocycles. The minimum atomic E-state index is -0.754. The van der Waals surface area contributed by atoms with Gasteiger partial charge < -0.3 is 5.43 Å². The van der Waals surface area contributed by atoms with E-state index in [1.165, 1.54) is 0 Å². The molecule has 7 heteroatoms. The fourth-order valence-corrected chi connectivity index (χ4v) is 1.99. The molecule has 1 fully saturated rings. The summed E-state index contributed by atoms with van der Waals surface area (Å²) >= 11 is 0. The molecule has 0 saturated carbocycles. The highest BCUT2D eigenvalue weighted by atomic mass is 16.2. The summed E-state index contributed by atoms with van der Waals surface area (Å²) in [4.78, 5) is 29.2. The molecule has 19 heavy (non-hydrogen) atoms. The lowest BCUT2D eigenvalue weighted by molar-refractivity contribution is -0.145. The molecule has 0 spiro atoms. The number of pyridine rings is 1. The molecule has 1 aromatic heterocycles. The Labute approximate surface area is 111 Å². The molecule has 0 aliphatic carbocycles. The van der Waals surface area contributed by atoms with Crippen molar-refractivity contribution in [2.75, 3.05) is 12.0 Å². The van der Waals surface area contributed by atoms with Crippen LogP contribution in [0.4, 0.5) is 5.82 Å². The van der Waals surface area contributed by atoms with Gasteiger partial charge in [0.05, 0.1) is 12.1 Å². The van der Waals surface area contributed by atoms with Gasteiger partial charge in [-0.05, 0) is 19.9 Å². The van der Waals surface area contributed by atoms with Crippen molar-refractivity contribution in [3.8, 4) is 0 Å². The number of amides is 2. The van der Waals surface area contributed by atoms with Gasteiger partial charge in [0, 0.05) is 18.3 Å². The highest BCUT2D eigenvalue weighted by molar-refractivity contribution is 6.02. The maximum atomic E-state index is 11.9. The van der Waals surface area contributed by atoms with Gasteiger partial charge in [0.15, 0.2) is 0 Å². The Hall–Kier alpha value is -1.99. The molecule has 0 atom stereocenters. The fraction of sp³-hybridized carbons (Fsp3) is 0.417. The maximum absolute atomic E-state index is 11.9. The third-order valence-electron chi connectivity index (χ3n) is 3.32. The van der Waals surface area contributed by atoms with Gasteiger partial charge in [0.25, 0.3) is 0 Å². The number of hydrogen-bond acceptors (Lipinski definition) is 6. The number of hydrogen-bond donors (Lipinski definition) is 3. The van der Waals surface area contributed by atoms with Crippen LogP contribution in [0, 0.1) is 0 Å². The first kappa shape index (κ1) is 13.4. The number of carbonyl (C=O) groups is 2. The second kappa shape index (κ2) is 4.94. The predicted octanol–water partition coefficient (Wildman–Crippen LogP) is -0.396. The predicted molar refractivity (Wildman–Crippen MR) is 69.7 cm³/mol. The van der Waals surface area contributed by atoms with Gasteiger partial charge >= 0.3 is 0 Å². The van der Waals surface area contributed by atoms with E-state index in [1.54, 1.807) is 31.0 Å². The first-order chi connectivity index (χ1) is 8.95. The second-order valence-corrected chi connectivity index (χ2v) is 4.95. The molecule has 0 unspecified atom stereocenters. The van der Waals surface area contributed by atoms with Crippen molar-refractivity contribution in [1.82, 2.24) is 15.2 Å². The summed E-state index contributed by atoms with van der Waals surface area (Å²) < 4.78 is 0. The molecule has 2 amide bonds. The zero-order valence-electron chi connectivity index (χ0n) is 10.9. The number of anilines is 1. The van der Waals surface area contributed by atoms with Gasteiger partial charge in [0.1, 0.15) is 5.82 Å². The summed E-state index contributed by atoms with van der Waals surface area (Å²) in [6.07, 6.45) is 1.62. The Morgan fingerprint density at radius 2 is 2.26 bits per heavy atom. The number of aromatic nitrogens is 1. The third kappa shape index (κ3) is 2.56. The number of nitrogens with one attached hydrogen (secondary N) is 2. The van der Waals surface area contributed by atoms with E-state index in [-0.39, 0.29) is 18.4 Å². The van der Waals surface area contributed by atoms with E-state index in [4.69, 9.17) is 5.84 Å². The number of imide groups is 1. The lowest BCUT2D eigenvalue weighted by Crippen LogP contribution is -2.63. The van der Waals surface area contributed by atoms with Crippen molar-refractivity contribution in [1.29, 1.82) is 0 Å². The maximum Gasteiger partial charge on any atom is 0.246 e. The number of nitrogen functional groups attached to an aromatic ring is 1. The molecule has 1 aromatic rings. The molecule has 1 saturated heterocycles. The summed E-state index contributed by atoms with van der Waals surface area (Å²) in [7, 11) is 0. The largest absolute Gasteiger partial charge is 0.308 e. The Morgan fingerprint density at radius 1 is 1.53 bits per heavy atom. The Morgan fingerprint density at radius 3 is 2.95 bits per heavy atom. The van der Waals surface area contributed by atoms with Gasteiger partial charge in [0.2, 0.25) is 11.8 Å². The van der Waals surface area contributed by atoms with Crippen LogP contribution < -0.4 is 16.6 Å². The smallest absolute Gasteiger partial charge is 0.246 e. The summed E-state index contributed by atoms with van der Waals surface area (Å²) in [5.41, 5.74) is 2.59. The minimum Gasteiger partial charge on any atom is -0.308 e. The van der Waals surface area contributed by atoms with Crippen LogP contribution in [0.2, 0.25) is 0 Å². The molecule has 102 valence electrons. The molecular formula is C12H17N5O2. The van der Waals surface area contributed by atoms with Crippen molar-refractivity contribution >= 4 is 17.6 Å². The topological polar surface area (TPSA) is 100 Å². The van der Waals surface area contributed by atoms with Crippen LogP contribution in [0.5, 0.6) is 0 Å². The average molecular weight is 263 g/mol. The molecule has 0 bridgehead atoms. The lowest BCUT2D eigenvalue weighted by atomic mass is 9.98. The van der Waals surface area contributed by atoms with Crippen molar-refractivity contribution < 1.29 is 9.59 Å².